The van der Waals surface area contributed by atoms with E-state index in [1.54, 1.807) is 0 Å². The molecule has 0 fully saturated rings. The molecule has 0 aliphatic rings. The van der Waals surface area contributed by atoms with Crippen LogP contribution < -0.4 is 5.73 Å². The zero-order chi connectivity index (χ0) is 10.9. The van der Waals surface area contributed by atoms with Gasteiger partial charge in [0, 0.05) is 0 Å². The summed E-state index contributed by atoms with van der Waals surface area (Å²) < 4.78 is 59.1. The summed E-state index contributed by atoms with van der Waals surface area (Å²) in [4.78, 5) is -0.649. The van der Waals surface area contributed by atoms with Gasteiger partial charge in [0.15, 0.2) is 10.8 Å². The van der Waals surface area contributed by atoms with Crippen molar-refractivity contribution in [2.75, 3.05) is 5.73 Å². The van der Waals surface area contributed by atoms with Gasteiger partial charge in [-0.1, -0.05) is 0 Å². The Morgan fingerprint density at radius 3 is 2.29 bits per heavy atom. The first-order valence-corrected chi connectivity index (χ1v) is 4.51. The van der Waals surface area contributed by atoms with Crippen LogP contribution in [0.25, 0.3) is 0 Å². The third kappa shape index (κ3) is 2.22. The van der Waals surface area contributed by atoms with Gasteiger partial charge >= 0.3 is 5.51 Å². The van der Waals surface area contributed by atoms with Crippen molar-refractivity contribution in [1.29, 1.82) is 0 Å². The van der Waals surface area contributed by atoms with Crippen LogP contribution in [0.4, 0.5) is 23.2 Å². The molecule has 1 unspecified atom stereocenters. The number of nitrogen functional groups attached to an aromatic ring is 1. The van der Waals surface area contributed by atoms with Gasteiger partial charge < -0.3 is 5.73 Å². The fraction of sp³-hybridized carbons (Fsp3) is 0.143. The predicted octanol–water partition coefficient (Wildman–Crippen LogP) is 2.04. The zero-order valence-electron chi connectivity index (χ0n) is 6.64. The molecule has 2 N–H and O–H groups in total. The molecule has 7 heteroatoms. The van der Waals surface area contributed by atoms with Crippen LogP contribution in [0.5, 0.6) is 0 Å². The Bertz CT molecular complexity index is 376. The van der Waals surface area contributed by atoms with Crippen LogP contribution in [0.1, 0.15) is 0 Å². The van der Waals surface area contributed by atoms with Crippen molar-refractivity contribution >= 4 is 16.5 Å². The molecule has 0 aliphatic heterocycles. The minimum absolute atomic E-state index is 0.284. The summed E-state index contributed by atoms with van der Waals surface area (Å²) in [6.45, 7) is 0. The van der Waals surface area contributed by atoms with E-state index < -0.39 is 27.0 Å². The van der Waals surface area contributed by atoms with Crippen molar-refractivity contribution < 1.29 is 21.8 Å². The minimum Gasteiger partial charge on any atom is -0.396 e. The van der Waals surface area contributed by atoms with Gasteiger partial charge in [0.2, 0.25) is 0 Å². The lowest BCUT2D eigenvalue weighted by Crippen LogP contribution is -2.16. The molecule has 0 saturated heterocycles. The molecule has 1 aromatic rings. The van der Waals surface area contributed by atoms with Crippen molar-refractivity contribution in [2.45, 2.75) is 10.4 Å². The highest BCUT2D eigenvalue weighted by molar-refractivity contribution is 7.86. The third-order valence-corrected chi connectivity index (χ3v) is 2.50. The second-order valence-corrected chi connectivity index (χ2v) is 3.87. The summed E-state index contributed by atoms with van der Waals surface area (Å²) in [6.07, 6.45) is 0. The van der Waals surface area contributed by atoms with E-state index in [1.165, 1.54) is 0 Å². The quantitative estimate of drug-likeness (QED) is 0.589. The zero-order valence-corrected chi connectivity index (χ0v) is 7.45. The Kier molecular flexibility index (Phi) is 2.79. The van der Waals surface area contributed by atoms with Crippen LogP contribution >= 0.6 is 0 Å². The highest BCUT2D eigenvalue weighted by Crippen LogP contribution is 2.27. The average molecular weight is 227 g/mol. The molecule has 0 bridgehead atoms. The molecule has 0 aliphatic carbocycles. The fourth-order valence-electron chi connectivity index (χ4n) is 0.757. The number of nitrogens with two attached hydrogens (primary N) is 1. The minimum atomic E-state index is -4.89. The maximum Gasteiger partial charge on any atom is 0.475 e. The van der Waals surface area contributed by atoms with Gasteiger partial charge in [-0.25, -0.2) is 8.60 Å². The molecule has 1 rings (SSSR count). The van der Waals surface area contributed by atoms with E-state index in [9.17, 15) is 21.8 Å². The Labute approximate surface area is 79.2 Å². The molecule has 14 heavy (non-hydrogen) atoms. The van der Waals surface area contributed by atoms with Crippen LogP contribution in [0.15, 0.2) is 23.1 Å². The monoisotopic (exact) mass is 227 g/mol. The average Bonchev–Trinajstić information content (AvgIpc) is 2.07. The maximum absolute atomic E-state index is 12.7. The molecule has 0 aromatic heterocycles. The molecular formula is C7H5F4NOS. The number of anilines is 1. The molecule has 1 atom stereocenters. The molecule has 2 nitrogen and oxygen atoms in total. The molecule has 0 radical (unpaired) electrons. The summed E-state index contributed by atoms with van der Waals surface area (Å²) in [5.41, 5.74) is -0.128. The van der Waals surface area contributed by atoms with E-state index in [-0.39, 0.29) is 5.69 Å². The molecule has 0 heterocycles. The lowest BCUT2D eigenvalue weighted by molar-refractivity contribution is -0.0384. The highest BCUT2D eigenvalue weighted by atomic mass is 32.2. The molecule has 78 valence electrons. The number of alkyl halides is 3. The molecular weight excluding hydrogens is 222 g/mol. The lowest BCUT2D eigenvalue weighted by atomic mass is 10.3. The SMILES string of the molecule is Nc1ccc(S(=O)C(F)(F)F)cc1F. The molecule has 0 amide bonds. The molecule has 1 aromatic carbocycles. The summed E-state index contributed by atoms with van der Waals surface area (Å²) >= 11 is 0. The van der Waals surface area contributed by atoms with Gasteiger partial charge in [-0.3, -0.25) is 0 Å². The van der Waals surface area contributed by atoms with Crippen LogP contribution in [-0.2, 0) is 10.8 Å². The van der Waals surface area contributed by atoms with Crippen LogP contribution in [0.3, 0.4) is 0 Å². The Morgan fingerprint density at radius 2 is 1.86 bits per heavy atom. The second-order valence-electron chi connectivity index (χ2n) is 2.40. The van der Waals surface area contributed by atoms with E-state index in [4.69, 9.17) is 5.73 Å². The lowest BCUT2D eigenvalue weighted by Gasteiger charge is -2.06. The second kappa shape index (κ2) is 3.56. The number of rotatable bonds is 1. The van der Waals surface area contributed by atoms with E-state index in [0.29, 0.717) is 6.07 Å². The Balaban J connectivity index is 3.10. The topological polar surface area (TPSA) is 43.1 Å². The first kappa shape index (κ1) is 11.0. The summed E-state index contributed by atoms with van der Waals surface area (Å²) in [5, 5.41) is 0. The van der Waals surface area contributed by atoms with Gasteiger partial charge in [-0.05, 0) is 18.2 Å². The maximum atomic E-state index is 12.7. The van der Waals surface area contributed by atoms with Crippen molar-refractivity contribution in [3.8, 4) is 0 Å². The van der Waals surface area contributed by atoms with Crippen molar-refractivity contribution in [2.24, 2.45) is 0 Å². The van der Waals surface area contributed by atoms with Crippen molar-refractivity contribution in [3.05, 3.63) is 24.0 Å². The summed E-state index contributed by atoms with van der Waals surface area (Å²) in [6, 6.07) is 2.33. The van der Waals surface area contributed by atoms with E-state index in [1.807, 2.05) is 0 Å². The summed E-state index contributed by atoms with van der Waals surface area (Å²) in [5.74, 6) is -1.01. The van der Waals surface area contributed by atoms with Gasteiger partial charge in [0.25, 0.3) is 0 Å². The van der Waals surface area contributed by atoms with Gasteiger partial charge in [-0.15, -0.1) is 0 Å². The van der Waals surface area contributed by atoms with Crippen molar-refractivity contribution in [1.82, 2.24) is 0 Å². The third-order valence-electron chi connectivity index (χ3n) is 1.40. The first-order valence-electron chi connectivity index (χ1n) is 3.36. The van der Waals surface area contributed by atoms with Gasteiger partial charge in [0.1, 0.15) is 5.82 Å². The van der Waals surface area contributed by atoms with Crippen LogP contribution in [-0.4, -0.2) is 9.72 Å². The van der Waals surface area contributed by atoms with Crippen molar-refractivity contribution in [3.63, 3.8) is 0 Å². The van der Waals surface area contributed by atoms with Gasteiger partial charge in [0.05, 0.1) is 10.6 Å². The van der Waals surface area contributed by atoms with Crippen LogP contribution in [0, 0.1) is 5.82 Å². The van der Waals surface area contributed by atoms with Crippen LogP contribution in [0.2, 0.25) is 0 Å². The van der Waals surface area contributed by atoms with E-state index >= 15 is 0 Å². The fourth-order valence-corrected chi connectivity index (χ4v) is 1.43. The van der Waals surface area contributed by atoms with Gasteiger partial charge in [-0.2, -0.15) is 13.2 Å². The smallest absolute Gasteiger partial charge is 0.396 e. The standard InChI is InChI=1S/C7H5F4NOS/c8-5-3-4(1-2-6(5)12)14(13)7(9,10)11/h1-3H,12H2. The Morgan fingerprint density at radius 1 is 1.29 bits per heavy atom. The number of hydrogen-bond acceptors (Lipinski definition) is 2. The highest BCUT2D eigenvalue weighted by Gasteiger charge is 2.38. The number of benzene rings is 1. The number of hydrogen-bond donors (Lipinski definition) is 1. The molecule has 0 spiro atoms. The normalized spacial score (nSPS) is 14.0. The van der Waals surface area contributed by atoms with E-state index in [2.05, 4.69) is 0 Å². The van der Waals surface area contributed by atoms with E-state index in [0.717, 1.165) is 12.1 Å². The summed E-state index contributed by atoms with van der Waals surface area (Å²) in [7, 11) is -3.21. The Hall–Kier alpha value is -1.11. The first-order chi connectivity index (χ1) is 6.32. The number of halogens is 4. The molecule has 0 saturated carbocycles. The largest absolute Gasteiger partial charge is 0.475 e. The predicted molar refractivity (Wildman–Crippen MR) is 43.3 cm³/mol.